The molecule has 0 heterocycles. The summed E-state index contributed by atoms with van der Waals surface area (Å²) in [5.41, 5.74) is 0.429. The molecule has 2 aliphatic carbocycles. The van der Waals surface area contributed by atoms with Gasteiger partial charge in [-0.2, -0.15) is 0 Å². The van der Waals surface area contributed by atoms with Crippen LogP contribution in [-0.4, -0.2) is 23.3 Å². The first-order chi connectivity index (χ1) is 9.45. The Bertz CT molecular complexity index is 290. The smallest absolute Gasteiger partial charge is 0.0613 e. The van der Waals surface area contributed by atoms with Gasteiger partial charge in [0, 0.05) is 11.6 Å². The third-order valence-electron chi connectivity index (χ3n) is 5.82. The fraction of sp³-hybridized carbons (Fsp3) is 1.00. The first kappa shape index (κ1) is 16.3. The lowest BCUT2D eigenvalue weighted by Crippen LogP contribution is -2.53. The fourth-order valence-corrected chi connectivity index (χ4v) is 4.30. The fourth-order valence-electron chi connectivity index (χ4n) is 4.30. The minimum absolute atomic E-state index is 0.0159. The monoisotopic (exact) mass is 281 g/mol. The van der Waals surface area contributed by atoms with Gasteiger partial charge in [0.05, 0.1) is 6.61 Å². The van der Waals surface area contributed by atoms with Crippen LogP contribution in [0.2, 0.25) is 0 Å². The zero-order valence-corrected chi connectivity index (χ0v) is 13.9. The number of rotatable bonds is 3. The Hall–Kier alpha value is -0.0800. The van der Waals surface area contributed by atoms with Crippen molar-refractivity contribution in [3.8, 4) is 0 Å². The molecule has 0 bridgehead atoms. The van der Waals surface area contributed by atoms with Gasteiger partial charge in [-0.1, -0.05) is 46.5 Å². The molecule has 0 aromatic rings. The van der Waals surface area contributed by atoms with Gasteiger partial charge in [-0.25, -0.2) is 0 Å². The molecule has 2 atom stereocenters. The van der Waals surface area contributed by atoms with Crippen LogP contribution in [0.5, 0.6) is 0 Å². The average Bonchev–Trinajstić information content (AvgIpc) is 2.63. The van der Waals surface area contributed by atoms with Crippen molar-refractivity contribution in [2.75, 3.05) is 6.61 Å². The molecule has 2 nitrogen and oxygen atoms in total. The van der Waals surface area contributed by atoms with Crippen LogP contribution in [0.3, 0.4) is 0 Å². The summed E-state index contributed by atoms with van der Waals surface area (Å²) in [6.07, 6.45) is 12.9. The van der Waals surface area contributed by atoms with Gasteiger partial charge in [0.2, 0.25) is 0 Å². The van der Waals surface area contributed by atoms with Crippen molar-refractivity contribution in [1.29, 1.82) is 0 Å². The summed E-state index contributed by atoms with van der Waals surface area (Å²) in [5, 5.41) is 13.9. The largest absolute Gasteiger partial charge is 0.394 e. The summed E-state index contributed by atoms with van der Waals surface area (Å²) in [4.78, 5) is 0. The Morgan fingerprint density at radius 2 is 1.65 bits per heavy atom. The Morgan fingerprint density at radius 3 is 2.25 bits per heavy atom. The standard InChI is InChI=1S/C18H35NO/c1-17(2,3)15-8-7-12-18(14-20,13-11-15)19-16-9-5-4-6-10-16/h15-16,19-20H,4-14H2,1-3H3. The van der Waals surface area contributed by atoms with Crippen LogP contribution in [0.25, 0.3) is 0 Å². The highest BCUT2D eigenvalue weighted by Gasteiger charge is 2.37. The quantitative estimate of drug-likeness (QED) is 0.757. The minimum Gasteiger partial charge on any atom is -0.394 e. The van der Waals surface area contributed by atoms with E-state index < -0.39 is 0 Å². The molecule has 0 amide bonds. The first-order valence-corrected chi connectivity index (χ1v) is 8.84. The number of hydrogen-bond acceptors (Lipinski definition) is 2. The van der Waals surface area contributed by atoms with E-state index in [-0.39, 0.29) is 5.54 Å². The number of aliphatic hydroxyl groups excluding tert-OH is 1. The van der Waals surface area contributed by atoms with Gasteiger partial charge in [0.1, 0.15) is 0 Å². The molecule has 118 valence electrons. The van der Waals surface area contributed by atoms with Crippen molar-refractivity contribution < 1.29 is 5.11 Å². The molecule has 2 unspecified atom stereocenters. The summed E-state index contributed by atoms with van der Waals surface area (Å²) in [5.74, 6) is 0.809. The second kappa shape index (κ2) is 6.79. The van der Waals surface area contributed by atoms with E-state index in [0.717, 1.165) is 18.8 Å². The molecule has 0 aliphatic heterocycles. The summed E-state index contributed by atoms with van der Waals surface area (Å²) in [6.45, 7) is 7.44. The lowest BCUT2D eigenvalue weighted by molar-refractivity contribution is 0.117. The zero-order chi connectivity index (χ0) is 14.6. The number of hydrogen-bond donors (Lipinski definition) is 2. The highest BCUT2D eigenvalue weighted by molar-refractivity contribution is 4.95. The summed E-state index contributed by atoms with van der Waals surface area (Å²) in [6, 6.07) is 0.655. The van der Waals surface area contributed by atoms with Crippen molar-refractivity contribution in [3.63, 3.8) is 0 Å². The molecule has 2 aliphatic rings. The molecule has 2 N–H and O–H groups in total. The molecular formula is C18H35NO. The Kier molecular flexibility index (Phi) is 5.53. The van der Waals surface area contributed by atoms with Gasteiger partial charge >= 0.3 is 0 Å². The van der Waals surface area contributed by atoms with Crippen molar-refractivity contribution in [1.82, 2.24) is 5.32 Å². The molecule has 2 fully saturated rings. The highest BCUT2D eigenvalue weighted by Crippen LogP contribution is 2.40. The van der Waals surface area contributed by atoms with Crippen molar-refractivity contribution in [3.05, 3.63) is 0 Å². The molecule has 2 rings (SSSR count). The van der Waals surface area contributed by atoms with Gasteiger partial charge < -0.3 is 10.4 Å². The molecule has 0 aromatic carbocycles. The van der Waals surface area contributed by atoms with Gasteiger partial charge in [-0.05, 0) is 49.9 Å². The van der Waals surface area contributed by atoms with Gasteiger partial charge in [0.25, 0.3) is 0 Å². The normalized spacial score (nSPS) is 33.9. The van der Waals surface area contributed by atoms with Gasteiger partial charge in [0.15, 0.2) is 0 Å². The van der Waals surface area contributed by atoms with Crippen LogP contribution in [0.4, 0.5) is 0 Å². The number of aliphatic hydroxyl groups is 1. The Morgan fingerprint density at radius 1 is 0.950 bits per heavy atom. The Labute approximate surface area is 125 Å². The van der Waals surface area contributed by atoms with E-state index in [0.29, 0.717) is 18.1 Å². The molecule has 0 saturated heterocycles. The zero-order valence-electron chi connectivity index (χ0n) is 13.9. The second-order valence-corrected chi connectivity index (χ2v) is 8.41. The van der Waals surface area contributed by atoms with Crippen LogP contribution in [0, 0.1) is 11.3 Å². The topological polar surface area (TPSA) is 32.3 Å². The number of nitrogens with one attached hydrogen (secondary N) is 1. The molecule has 20 heavy (non-hydrogen) atoms. The first-order valence-electron chi connectivity index (χ1n) is 8.84. The third kappa shape index (κ3) is 4.21. The van der Waals surface area contributed by atoms with E-state index in [1.807, 2.05) is 0 Å². The molecule has 0 radical (unpaired) electrons. The van der Waals surface area contributed by atoms with E-state index in [2.05, 4.69) is 26.1 Å². The van der Waals surface area contributed by atoms with E-state index in [1.165, 1.54) is 51.4 Å². The predicted octanol–water partition coefficient (Wildman–Crippen LogP) is 4.27. The van der Waals surface area contributed by atoms with Crippen molar-refractivity contribution in [2.45, 2.75) is 96.6 Å². The van der Waals surface area contributed by atoms with Gasteiger partial charge in [-0.15, -0.1) is 0 Å². The van der Waals surface area contributed by atoms with Crippen LogP contribution in [0.1, 0.15) is 85.0 Å². The molecular weight excluding hydrogens is 246 g/mol. The SMILES string of the molecule is CC(C)(C)C1CCCC(CO)(NC2CCCCC2)CC1. The third-order valence-corrected chi connectivity index (χ3v) is 5.82. The lowest BCUT2D eigenvalue weighted by Gasteiger charge is -2.38. The van der Waals surface area contributed by atoms with Crippen LogP contribution < -0.4 is 5.32 Å². The molecule has 2 saturated carbocycles. The molecule has 0 aromatic heterocycles. The molecule has 2 heteroatoms. The maximum Gasteiger partial charge on any atom is 0.0613 e. The second-order valence-electron chi connectivity index (χ2n) is 8.41. The van der Waals surface area contributed by atoms with Crippen LogP contribution in [0.15, 0.2) is 0 Å². The maximum atomic E-state index is 10.0. The maximum absolute atomic E-state index is 10.0. The van der Waals surface area contributed by atoms with Crippen LogP contribution >= 0.6 is 0 Å². The van der Waals surface area contributed by atoms with E-state index in [9.17, 15) is 5.11 Å². The average molecular weight is 281 g/mol. The van der Waals surface area contributed by atoms with Crippen molar-refractivity contribution >= 4 is 0 Å². The highest BCUT2D eigenvalue weighted by atomic mass is 16.3. The molecule has 0 spiro atoms. The van der Waals surface area contributed by atoms with E-state index >= 15 is 0 Å². The van der Waals surface area contributed by atoms with Crippen molar-refractivity contribution in [2.24, 2.45) is 11.3 Å². The van der Waals surface area contributed by atoms with E-state index in [4.69, 9.17) is 0 Å². The summed E-state index contributed by atoms with van der Waals surface area (Å²) in [7, 11) is 0. The van der Waals surface area contributed by atoms with Gasteiger partial charge in [-0.3, -0.25) is 0 Å². The minimum atomic E-state index is 0.0159. The van der Waals surface area contributed by atoms with Crippen LogP contribution in [-0.2, 0) is 0 Å². The van der Waals surface area contributed by atoms with E-state index in [1.54, 1.807) is 0 Å². The Balaban J connectivity index is 1.96. The predicted molar refractivity (Wildman–Crippen MR) is 85.9 cm³/mol. The summed E-state index contributed by atoms with van der Waals surface area (Å²) < 4.78 is 0. The lowest BCUT2D eigenvalue weighted by atomic mass is 9.76. The summed E-state index contributed by atoms with van der Waals surface area (Å²) >= 11 is 0.